The van der Waals surface area contributed by atoms with E-state index in [1.54, 1.807) is 0 Å². The van der Waals surface area contributed by atoms with Crippen molar-refractivity contribution in [3.8, 4) is 11.5 Å². The summed E-state index contributed by atoms with van der Waals surface area (Å²) in [6, 6.07) is 10.5. The SMILES string of the molecule is CCc1ccccc1NC(=O)CNC(=O)c1cc(Cl)c(OC)c(OC)c1. The van der Waals surface area contributed by atoms with Gasteiger partial charge in [-0.15, -0.1) is 0 Å². The van der Waals surface area contributed by atoms with Gasteiger partial charge in [0, 0.05) is 11.3 Å². The van der Waals surface area contributed by atoms with Gasteiger partial charge in [0.25, 0.3) is 5.91 Å². The molecule has 6 nitrogen and oxygen atoms in total. The van der Waals surface area contributed by atoms with Crippen LogP contribution in [0, 0.1) is 0 Å². The first-order chi connectivity index (χ1) is 12.5. The third kappa shape index (κ3) is 4.67. The van der Waals surface area contributed by atoms with Gasteiger partial charge in [0.15, 0.2) is 11.5 Å². The zero-order chi connectivity index (χ0) is 19.1. The standard InChI is InChI=1S/C19H21ClN2O4/c1-4-12-7-5-6-8-15(12)22-17(23)11-21-19(24)13-9-14(20)18(26-3)16(10-13)25-2/h5-10H,4,11H2,1-3H3,(H,21,24)(H,22,23). The van der Waals surface area contributed by atoms with Crippen LogP contribution >= 0.6 is 11.6 Å². The zero-order valence-corrected chi connectivity index (χ0v) is 15.6. The summed E-state index contributed by atoms with van der Waals surface area (Å²) in [5.74, 6) is -0.0660. The average molecular weight is 377 g/mol. The summed E-state index contributed by atoms with van der Waals surface area (Å²) in [5, 5.41) is 5.61. The fraction of sp³-hybridized carbons (Fsp3) is 0.263. The van der Waals surface area contributed by atoms with Gasteiger partial charge in [0.05, 0.1) is 25.8 Å². The Labute approximate surface area is 157 Å². The summed E-state index contributed by atoms with van der Waals surface area (Å²) in [6.45, 7) is 1.84. The quantitative estimate of drug-likeness (QED) is 0.777. The van der Waals surface area contributed by atoms with Crippen molar-refractivity contribution in [1.82, 2.24) is 5.32 Å². The number of hydrogen-bond donors (Lipinski definition) is 2. The smallest absolute Gasteiger partial charge is 0.251 e. The van der Waals surface area contributed by atoms with Crippen LogP contribution in [0.25, 0.3) is 0 Å². The molecule has 2 aromatic carbocycles. The van der Waals surface area contributed by atoms with E-state index >= 15 is 0 Å². The van der Waals surface area contributed by atoms with Crippen molar-refractivity contribution >= 4 is 29.1 Å². The number of rotatable bonds is 7. The Morgan fingerprint density at radius 2 is 1.85 bits per heavy atom. The Kier molecular flexibility index (Phi) is 6.86. The minimum Gasteiger partial charge on any atom is -0.493 e. The Morgan fingerprint density at radius 1 is 1.12 bits per heavy atom. The first-order valence-electron chi connectivity index (χ1n) is 8.07. The number of methoxy groups -OCH3 is 2. The summed E-state index contributed by atoms with van der Waals surface area (Å²) >= 11 is 6.10. The number of halogens is 1. The van der Waals surface area contributed by atoms with Crippen molar-refractivity contribution in [2.75, 3.05) is 26.1 Å². The lowest BCUT2D eigenvalue weighted by atomic mass is 10.1. The molecule has 0 bridgehead atoms. The van der Waals surface area contributed by atoms with Crippen LogP contribution in [0.2, 0.25) is 5.02 Å². The van der Waals surface area contributed by atoms with E-state index in [2.05, 4.69) is 10.6 Å². The molecule has 7 heteroatoms. The number of para-hydroxylation sites is 1. The number of hydrogen-bond acceptors (Lipinski definition) is 4. The van der Waals surface area contributed by atoms with Crippen LogP contribution < -0.4 is 20.1 Å². The van der Waals surface area contributed by atoms with E-state index in [0.29, 0.717) is 11.5 Å². The molecular formula is C19H21ClN2O4. The summed E-state index contributed by atoms with van der Waals surface area (Å²) < 4.78 is 10.3. The van der Waals surface area contributed by atoms with Crippen LogP contribution in [-0.2, 0) is 11.2 Å². The highest BCUT2D eigenvalue weighted by atomic mass is 35.5. The minimum atomic E-state index is -0.438. The number of carbonyl (C=O) groups is 2. The minimum absolute atomic E-state index is 0.164. The molecule has 0 fully saturated rings. The van der Waals surface area contributed by atoms with E-state index < -0.39 is 5.91 Å². The summed E-state index contributed by atoms with van der Waals surface area (Å²) in [7, 11) is 2.91. The molecule has 2 amide bonds. The van der Waals surface area contributed by atoms with Gasteiger partial charge in [-0.3, -0.25) is 9.59 Å². The van der Waals surface area contributed by atoms with Gasteiger partial charge >= 0.3 is 0 Å². The molecule has 2 rings (SSSR count). The lowest BCUT2D eigenvalue weighted by molar-refractivity contribution is -0.115. The number of benzene rings is 2. The van der Waals surface area contributed by atoms with Crippen LogP contribution in [0.15, 0.2) is 36.4 Å². The number of aryl methyl sites for hydroxylation is 1. The second-order valence-electron chi connectivity index (χ2n) is 5.44. The summed E-state index contributed by atoms with van der Waals surface area (Å²) in [6.07, 6.45) is 0.799. The van der Waals surface area contributed by atoms with Gasteiger partial charge < -0.3 is 20.1 Å². The van der Waals surface area contributed by atoms with E-state index in [1.807, 2.05) is 31.2 Å². The summed E-state index contributed by atoms with van der Waals surface area (Å²) in [4.78, 5) is 24.4. The number of carbonyl (C=O) groups excluding carboxylic acids is 2. The van der Waals surface area contributed by atoms with Crippen LogP contribution in [-0.4, -0.2) is 32.6 Å². The molecule has 0 aliphatic rings. The van der Waals surface area contributed by atoms with Crippen LogP contribution in [0.5, 0.6) is 11.5 Å². The van der Waals surface area contributed by atoms with E-state index in [4.69, 9.17) is 21.1 Å². The molecule has 0 aliphatic heterocycles. The first-order valence-corrected chi connectivity index (χ1v) is 8.45. The van der Waals surface area contributed by atoms with E-state index in [-0.39, 0.29) is 23.0 Å². The highest BCUT2D eigenvalue weighted by Gasteiger charge is 2.16. The van der Waals surface area contributed by atoms with Crippen molar-refractivity contribution in [1.29, 1.82) is 0 Å². The van der Waals surface area contributed by atoms with Gasteiger partial charge in [-0.2, -0.15) is 0 Å². The molecule has 0 aromatic heterocycles. The number of ether oxygens (including phenoxy) is 2. The molecule has 0 saturated carbocycles. The van der Waals surface area contributed by atoms with Crippen LogP contribution in [0.1, 0.15) is 22.8 Å². The van der Waals surface area contributed by atoms with Gasteiger partial charge in [-0.1, -0.05) is 36.7 Å². The molecule has 2 N–H and O–H groups in total. The molecule has 26 heavy (non-hydrogen) atoms. The Bertz CT molecular complexity index is 808. The molecule has 2 aromatic rings. The third-order valence-electron chi connectivity index (χ3n) is 3.78. The van der Waals surface area contributed by atoms with Crippen molar-refractivity contribution in [2.45, 2.75) is 13.3 Å². The molecule has 0 unspecified atom stereocenters. The molecular weight excluding hydrogens is 356 g/mol. The molecule has 0 spiro atoms. The normalized spacial score (nSPS) is 10.2. The number of nitrogens with one attached hydrogen (secondary N) is 2. The van der Waals surface area contributed by atoms with E-state index in [0.717, 1.165) is 17.7 Å². The first kappa shape index (κ1) is 19.6. The second-order valence-corrected chi connectivity index (χ2v) is 5.84. The van der Waals surface area contributed by atoms with Gasteiger partial charge in [-0.05, 0) is 30.2 Å². The average Bonchev–Trinajstić information content (AvgIpc) is 2.65. The maximum absolute atomic E-state index is 12.3. The maximum Gasteiger partial charge on any atom is 0.251 e. The van der Waals surface area contributed by atoms with E-state index in [1.165, 1.54) is 26.4 Å². The lowest BCUT2D eigenvalue weighted by Crippen LogP contribution is -2.33. The van der Waals surface area contributed by atoms with Crippen molar-refractivity contribution in [3.63, 3.8) is 0 Å². The fourth-order valence-electron chi connectivity index (χ4n) is 2.46. The van der Waals surface area contributed by atoms with Crippen molar-refractivity contribution in [3.05, 3.63) is 52.5 Å². The topological polar surface area (TPSA) is 76.7 Å². The number of anilines is 1. The van der Waals surface area contributed by atoms with Gasteiger partial charge in [0.2, 0.25) is 5.91 Å². The third-order valence-corrected chi connectivity index (χ3v) is 4.06. The number of amides is 2. The van der Waals surface area contributed by atoms with Crippen molar-refractivity contribution < 1.29 is 19.1 Å². The van der Waals surface area contributed by atoms with Crippen LogP contribution in [0.3, 0.4) is 0 Å². The molecule has 138 valence electrons. The molecule has 0 saturated heterocycles. The largest absolute Gasteiger partial charge is 0.493 e. The van der Waals surface area contributed by atoms with Gasteiger partial charge in [-0.25, -0.2) is 0 Å². The Balaban J connectivity index is 2.02. The molecule has 0 aliphatic carbocycles. The molecule has 0 atom stereocenters. The van der Waals surface area contributed by atoms with Crippen molar-refractivity contribution in [2.24, 2.45) is 0 Å². The predicted octanol–water partition coefficient (Wildman–Crippen LogP) is 3.29. The molecule has 0 heterocycles. The summed E-state index contributed by atoms with van der Waals surface area (Å²) in [5.41, 5.74) is 2.04. The highest BCUT2D eigenvalue weighted by molar-refractivity contribution is 6.32. The Hall–Kier alpha value is -2.73. The van der Waals surface area contributed by atoms with Gasteiger partial charge in [0.1, 0.15) is 0 Å². The highest BCUT2D eigenvalue weighted by Crippen LogP contribution is 2.35. The predicted molar refractivity (Wildman–Crippen MR) is 101 cm³/mol. The lowest BCUT2D eigenvalue weighted by Gasteiger charge is -2.12. The Morgan fingerprint density at radius 3 is 2.50 bits per heavy atom. The monoisotopic (exact) mass is 376 g/mol. The fourth-order valence-corrected chi connectivity index (χ4v) is 2.74. The zero-order valence-electron chi connectivity index (χ0n) is 14.9. The van der Waals surface area contributed by atoms with Crippen LogP contribution in [0.4, 0.5) is 5.69 Å². The second kappa shape index (κ2) is 9.10. The van der Waals surface area contributed by atoms with E-state index in [9.17, 15) is 9.59 Å². The molecule has 0 radical (unpaired) electrons. The maximum atomic E-state index is 12.3.